The highest BCUT2D eigenvalue weighted by atomic mass is 79.9. The monoisotopic (exact) mass is 405 g/mol. The molecule has 0 heterocycles. The number of amides is 1. The highest BCUT2D eigenvalue weighted by Gasteiger charge is 2.13. The van der Waals surface area contributed by atoms with Crippen LogP contribution in [0.25, 0.3) is 0 Å². The van der Waals surface area contributed by atoms with E-state index < -0.39 is 0 Å². The summed E-state index contributed by atoms with van der Waals surface area (Å²) in [5.74, 6) is 0.998. The molecular weight excluding hydrogens is 386 g/mol. The van der Waals surface area contributed by atoms with E-state index >= 15 is 0 Å². The number of nitrogens with zero attached hydrogens (tertiary/aromatic N) is 1. The van der Waals surface area contributed by atoms with Crippen LogP contribution >= 0.6 is 15.9 Å². The fraction of sp³-hybridized carbons (Fsp3) is 0.263. The number of rotatable bonds is 7. The van der Waals surface area contributed by atoms with E-state index in [1.807, 2.05) is 18.2 Å². The first-order valence-electron chi connectivity index (χ1n) is 7.71. The second kappa shape index (κ2) is 8.67. The van der Waals surface area contributed by atoms with Crippen LogP contribution in [0.4, 0.5) is 0 Å². The van der Waals surface area contributed by atoms with E-state index in [0.717, 1.165) is 15.8 Å². The summed E-state index contributed by atoms with van der Waals surface area (Å²) in [6.45, 7) is 1.79. The number of Topliss-reactive ketones (excluding diaryl/α,β-unsaturated/α-hetero) is 1. The summed E-state index contributed by atoms with van der Waals surface area (Å²) in [7, 11) is 3.30. The minimum atomic E-state index is -0.171. The SMILES string of the molecule is COc1ccc(Br)cc1CN(C)C(=O)COc1cccc(C(C)=O)c1. The van der Waals surface area contributed by atoms with Gasteiger partial charge in [-0.25, -0.2) is 0 Å². The number of benzene rings is 2. The molecule has 0 unspecified atom stereocenters. The van der Waals surface area contributed by atoms with Crippen molar-refractivity contribution < 1.29 is 19.1 Å². The van der Waals surface area contributed by atoms with Gasteiger partial charge in [-0.15, -0.1) is 0 Å². The average Bonchev–Trinajstić information content (AvgIpc) is 2.60. The summed E-state index contributed by atoms with van der Waals surface area (Å²) < 4.78 is 11.8. The Morgan fingerprint density at radius 3 is 2.60 bits per heavy atom. The third kappa shape index (κ3) is 5.32. The first kappa shape index (κ1) is 19.0. The average molecular weight is 406 g/mol. The van der Waals surface area contributed by atoms with Crippen molar-refractivity contribution in [3.63, 3.8) is 0 Å². The highest BCUT2D eigenvalue weighted by Crippen LogP contribution is 2.24. The number of likely N-dealkylation sites (N-methyl/N-ethyl adjacent to an activating group) is 1. The maximum atomic E-state index is 12.3. The standard InChI is InChI=1S/C19H20BrNO4/c1-13(22)14-5-4-6-17(10-14)25-12-19(23)21(2)11-15-9-16(20)7-8-18(15)24-3/h4-10H,11-12H2,1-3H3. The Balaban J connectivity index is 1.98. The van der Waals surface area contributed by atoms with E-state index in [2.05, 4.69) is 15.9 Å². The van der Waals surface area contributed by atoms with Crippen LogP contribution in [0.15, 0.2) is 46.9 Å². The highest BCUT2D eigenvalue weighted by molar-refractivity contribution is 9.10. The van der Waals surface area contributed by atoms with Gasteiger partial charge in [0.1, 0.15) is 11.5 Å². The fourth-order valence-electron chi connectivity index (χ4n) is 2.27. The summed E-state index contributed by atoms with van der Waals surface area (Å²) in [5.41, 5.74) is 1.45. The van der Waals surface area contributed by atoms with Crippen molar-refractivity contribution >= 4 is 27.6 Å². The predicted molar refractivity (Wildman–Crippen MR) is 99.1 cm³/mol. The van der Waals surface area contributed by atoms with Gasteiger partial charge in [0.25, 0.3) is 5.91 Å². The number of ether oxygens (including phenoxy) is 2. The molecule has 0 aromatic heterocycles. The lowest BCUT2D eigenvalue weighted by molar-refractivity contribution is -0.132. The maximum Gasteiger partial charge on any atom is 0.260 e. The molecule has 2 aromatic rings. The lowest BCUT2D eigenvalue weighted by Gasteiger charge is -2.19. The van der Waals surface area contributed by atoms with E-state index in [9.17, 15) is 9.59 Å². The van der Waals surface area contributed by atoms with Gasteiger partial charge >= 0.3 is 0 Å². The van der Waals surface area contributed by atoms with Crippen LogP contribution in [0.1, 0.15) is 22.8 Å². The van der Waals surface area contributed by atoms with Gasteiger partial charge in [-0.2, -0.15) is 0 Å². The van der Waals surface area contributed by atoms with Gasteiger partial charge in [-0.05, 0) is 37.3 Å². The van der Waals surface area contributed by atoms with Gasteiger partial charge < -0.3 is 14.4 Å². The van der Waals surface area contributed by atoms with Crippen molar-refractivity contribution in [3.8, 4) is 11.5 Å². The lowest BCUT2D eigenvalue weighted by Crippen LogP contribution is -2.31. The van der Waals surface area contributed by atoms with Crippen LogP contribution in [0.2, 0.25) is 0 Å². The zero-order valence-electron chi connectivity index (χ0n) is 14.4. The second-order valence-corrected chi connectivity index (χ2v) is 6.49. The van der Waals surface area contributed by atoms with Gasteiger partial charge in [-0.1, -0.05) is 28.1 Å². The van der Waals surface area contributed by atoms with Crippen LogP contribution in [-0.2, 0) is 11.3 Å². The van der Waals surface area contributed by atoms with Gasteiger partial charge in [0, 0.05) is 29.2 Å². The quantitative estimate of drug-likeness (QED) is 0.659. The number of hydrogen-bond donors (Lipinski definition) is 0. The molecule has 0 fully saturated rings. The van der Waals surface area contributed by atoms with Crippen LogP contribution in [0.3, 0.4) is 0 Å². The molecular formula is C19H20BrNO4. The third-order valence-corrected chi connectivity index (χ3v) is 4.17. The molecule has 0 saturated carbocycles. The van der Waals surface area contributed by atoms with Gasteiger partial charge in [0.15, 0.2) is 12.4 Å². The van der Waals surface area contributed by atoms with Gasteiger partial charge in [-0.3, -0.25) is 9.59 Å². The zero-order chi connectivity index (χ0) is 18.4. The van der Waals surface area contributed by atoms with Crippen LogP contribution < -0.4 is 9.47 Å². The van der Waals surface area contributed by atoms with Crippen LogP contribution in [0, 0.1) is 0 Å². The van der Waals surface area contributed by atoms with Crippen LogP contribution in [0.5, 0.6) is 11.5 Å². The summed E-state index contributed by atoms with van der Waals surface area (Å²) in [4.78, 5) is 25.3. The van der Waals surface area contributed by atoms with E-state index in [1.165, 1.54) is 6.92 Å². The first-order valence-corrected chi connectivity index (χ1v) is 8.50. The molecule has 0 bridgehead atoms. The molecule has 25 heavy (non-hydrogen) atoms. The fourth-order valence-corrected chi connectivity index (χ4v) is 2.68. The molecule has 0 atom stereocenters. The molecule has 2 rings (SSSR count). The lowest BCUT2D eigenvalue weighted by atomic mass is 10.1. The molecule has 1 amide bonds. The van der Waals surface area contributed by atoms with Crippen molar-refractivity contribution in [1.29, 1.82) is 0 Å². The van der Waals surface area contributed by atoms with E-state index in [0.29, 0.717) is 17.9 Å². The van der Waals surface area contributed by atoms with Crippen molar-refractivity contribution in [2.75, 3.05) is 20.8 Å². The minimum Gasteiger partial charge on any atom is -0.496 e. The number of ketones is 1. The van der Waals surface area contributed by atoms with Crippen molar-refractivity contribution in [3.05, 3.63) is 58.1 Å². The summed E-state index contributed by atoms with van der Waals surface area (Å²) in [6.07, 6.45) is 0. The Bertz CT molecular complexity index is 776. The third-order valence-electron chi connectivity index (χ3n) is 3.68. The Kier molecular flexibility index (Phi) is 6.58. The molecule has 5 nitrogen and oxygen atoms in total. The van der Waals surface area contributed by atoms with E-state index in [-0.39, 0.29) is 18.3 Å². The molecule has 0 radical (unpaired) electrons. The van der Waals surface area contributed by atoms with E-state index in [4.69, 9.17) is 9.47 Å². The Hall–Kier alpha value is -2.34. The number of hydrogen-bond acceptors (Lipinski definition) is 4. The van der Waals surface area contributed by atoms with Crippen LogP contribution in [-0.4, -0.2) is 37.4 Å². The summed E-state index contributed by atoms with van der Waals surface area (Å²) >= 11 is 3.42. The number of carbonyl (C=O) groups excluding carboxylic acids is 2. The van der Waals surface area contributed by atoms with E-state index in [1.54, 1.807) is 43.3 Å². The summed E-state index contributed by atoms with van der Waals surface area (Å²) in [5, 5.41) is 0. The van der Waals surface area contributed by atoms with Crippen molar-refractivity contribution in [2.24, 2.45) is 0 Å². The molecule has 0 saturated heterocycles. The number of halogens is 1. The molecule has 2 aromatic carbocycles. The molecule has 0 N–H and O–H groups in total. The Labute approximate surface area is 155 Å². The number of methoxy groups -OCH3 is 1. The molecule has 6 heteroatoms. The first-order chi connectivity index (χ1) is 11.9. The normalized spacial score (nSPS) is 10.2. The Morgan fingerprint density at radius 2 is 1.92 bits per heavy atom. The second-order valence-electron chi connectivity index (χ2n) is 5.58. The van der Waals surface area contributed by atoms with Gasteiger partial charge in [0.2, 0.25) is 0 Å². The van der Waals surface area contributed by atoms with Crippen molar-refractivity contribution in [1.82, 2.24) is 4.90 Å². The minimum absolute atomic E-state index is 0.0457. The molecule has 0 aliphatic heterocycles. The molecule has 0 spiro atoms. The van der Waals surface area contributed by atoms with Gasteiger partial charge in [0.05, 0.1) is 7.11 Å². The molecule has 132 valence electrons. The molecule has 0 aliphatic rings. The topological polar surface area (TPSA) is 55.8 Å². The zero-order valence-corrected chi connectivity index (χ0v) is 16.0. The smallest absolute Gasteiger partial charge is 0.260 e. The number of carbonyl (C=O) groups is 2. The Morgan fingerprint density at radius 1 is 1.16 bits per heavy atom. The predicted octanol–water partition coefficient (Wildman–Crippen LogP) is 3.70. The maximum absolute atomic E-state index is 12.3. The van der Waals surface area contributed by atoms with Crippen molar-refractivity contribution in [2.45, 2.75) is 13.5 Å². The largest absolute Gasteiger partial charge is 0.496 e. The summed E-state index contributed by atoms with van der Waals surface area (Å²) in [6, 6.07) is 12.4. The molecule has 0 aliphatic carbocycles.